The number of rotatable bonds is 6. The fraction of sp³-hybridized carbons (Fsp3) is 0.571. The van der Waals surface area contributed by atoms with Gasteiger partial charge in [0.15, 0.2) is 5.96 Å². The number of nitrogens with one attached hydrogen (secondary N) is 3. The zero-order valence-electron chi connectivity index (χ0n) is 17.3. The van der Waals surface area contributed by atoms with E-state index in [-0.39, 0.29) is 42.3 Å². The molecule has 7 nitrogen and oxygen atoms in total. The summed E-state index contributed by atoms with van der Waals surface area (Å²) in [6.45, 7) is 5.05. The van der Waals surface area contributed by atoms with Crippen LogP contribution in [0.25, 0.3) is 0 Å². The van der Waals surface area contributed by atoms with E-state index in [9.17, 15) is 9.59 Å². The van der Waals surface area contributed by atoms with Gasteiger partial charge in [-0.2, -0.15) is 0 Å². The first-order valence-corrected chi connectivity index (χ1v) is 10.1. The Hall–Kier alpha value is -1.84. The zero-order chi connectivity index (χ0) is 20.0. The van der Waals surface area contributed by atoms with Crippen LogP contribution in [0.5, 0.6) is 0 Å². The number of carbonyl (C=O) groups excluding carboxylic acids is 2. The third-order valence-corrected chi connectivity index (χ3v) is 6.01. The summed E-state index contributed by atoms with van der Waals surface area (Å²) in [5.74, 6) is 0.600. The topological polar surface area (TPSA) is 85.8 Å². The molecule has 8 heteroatoms. The van der Waals surface area contributed by atoms with Gasteiger partial charge in [0.25, 0.3) is 5.91 Å². The average Bonchev–Trinajstić information content (AvgIpc) is 2.69. The fourth-order valence-electron chi connectivity index (χ4n) is 3.77. The van der Waals surface area contributed by atoms with Gasteiger partial charge in [-0.05, 0) is 42.4 Å². The molecule has 1 aromatic rings. The Morgan fingerprint density at radius 2 is 1.97 bits per heavy atom. The number of benzene rings is 1. The Labute approximate surface area is 190 Å². The van der Waals surface area contributed by atoms with Gasteiger partial charge >= 0.3 is 0 Å². The lowest BCUT2D eigenvalue weighted by atomic mass is 9.67. The first-order chi connectivity index (χ1) is 13.5. The summed E-state index contributed by atoms with van der Waals surface area (Å²) in [6.07, 6.45) is 5.11. The highest BCUT2D eigenvalue weighted by Crippen LogP contribution is 2.42. The van der Waals surface area contributed by atoms with Gasteiger partial charge in [0, 0.05) is 38.8 Å². The highest BCUT2D eigenvalue weighted by molar-refractivity contribution is 14.0. The number of carbonyl (C=O) groups is 2. The number of aliphatic imine (C=N–C) groups is 1. The maximum atomic E-state index is 12.5. The predicted molar refractivity (Wildman–Crippen MR) is 126 cm³/mol. The van der Waals surface area contributed by atoms with Gasteiger partial charge in [-0.3, -0.25) is 14.6 Å². The second-order valence-corrected chi connectivity index (χ2v) is 7.76. The lowest BCUT2D eigenvalue weighted by molar-refractivity contribution is -0.123. The van der Waals surface area contributed by atoms with Crippen molar-refractivity contribution in [3.8, 4) is 0 Å². The molecular formula is C21H32IN5O2. The molecule has 0 aromatic heterocycles. The largest absolute Gasteiger partial charge is 0.356 e. The van der Waals surface area contributed by atoms with Crippen molar-refractivity contribution in [1.82, 2.24) is 20.9 Å². The van der Waals surface area contributed by atoms with E-state index < -0.39 is 0 Å². The van der Waals surface area contributed by atoms with Crippen LogP contribution >= 0.6 is 24.0 Å². The first kappa shape index (κ1) is 23.4. The van der Waals surface area contributed by atoms with Crippen LogP contribution in [0, 0.1) is 5.41 Å². The van der Waals surface area contributed by atoms with Crippen LogP contribution in [0.2, 0.25) is 0 Å². The third kappa shape index (κ3) is 6.07. The van der Waals surface area contributed by atoms with Crippen molar-refractivity contribution in [3.63, 3.8) is 0 Å². The van der Waals surface area contributed by atoms with E-state index in [1.807, 2.05) is 24.3 Å². The van der Waals surface area contributed by atoms with Crippen molar-refractivity contribution >= 4 is 41.8 Å². The van der Waals surface area contributed by atoms with Gasteiger partial charge in [-0.1, -0.05) is 25.5 Å². The Morgan fingerprint density at radius 3 is 2.52 bits per heavy atom. The van der Waals surface area contributed by atoms with Crippen LogP contribution in [0.1, 0.15) is 48.5 Å². The zero-order valence-corrected chi connectivity index (χ0v) is 19.6. The monoisotopic (exact) mass is 513 g/mol. The number of hydrogen-bond acceptors (Lipinski definition) is 3. The molecule has 0 bridgehead atoms. The van der Waals surface area contributed by atoms with E-state index in [1.54, 1.807) is 11.9 Å². The van der Waals surface area contributed by atoms with Crippen LogP contribution < -0.4 is 16.0 Å². The van der Waals surface area contributed by atoms with Crippen LogP contribution in [-0.4, -0.2) is 55.9 Å². The highest BCUT2D eigenvalue weighted by Gasteiger charge is 2.34. The molecule has 3 rings (SSSR count). The highest BCUT2D eigenvalue weighted by atomic mass is 127. The summed E-state index contributed by atoms with van der Waals surface area (Å²) in [4.78, 5) is 29.9. The Morgan fingerprint density at radius 1 is 1.24 bits per heavy atom. The Balaban J connectivity index is 0.00000300. The maximum absolute atomic E-state index is 12.5. The van der Waals surface area contributed by atoms with Gasteiger partial charge in [0.1, 0.15) is 0 Å². The van der Waals surface area contributed by atoms with Gasteiger partial charge < -0.3 is 20.9 Å². The number of piperazine rings is 1. The lowest BCUT2D eigenvalue weighted by Crippen LogP contribution is -2.49. The standard InChI is InChI=1S/C21H31N5O2.HI/c1-3-21(9-4-10-21)15-25-20(22-2)24-13-16-5-7-17(8-6-16)19(28)26-12-11-23-18(27)14-26;/h5-8H,3-4,9-15H2,1-2H3,(H,23,27)(H2,22,24,25);1H. The summed E-state index contributed by atoms with van der Waals surface area (Å²) in [5.41, 5.74) is 2.12. The molecule has 1 aliphatic heterocycles. The molecule has 1 saturated carbocycles. The van der Waals surface area contributed by atoms with Crippen molar-refractivity contribution < 1.29 is 9.59 Å². The van der Waals surface area contributed by atoms with Crippen molar-refractivity contribution in [2.45, 2.75) is 39.2 Å². The van der Waals surface area contributed by atoms with E-state index in [0.29, 0.717) is 30.6 Å². The van der Waals surface area contributed by atoms with Gasteiger partial charge in [0.2, 0.25) is 5.91 Å². The van der Waals surface area contributed by atoms with Crippen molar-refractivity contribution in [2.24, 2.45) is 10.4 Å². The van der Waals surface area contributed by atoms with E-state index >= 15 is 0 Å². The molecule has 1 aliphatic carbocycles. The summed E-state index contributed by atoms with van der Waals surface area (Å²) in [6, 6.07) is 7.53. The molecule has 1 saturated heterocycles. The fourth-order valence-corrected chi connectivity index (χ4v) is 3.77. The smallest absolute Gasteiger partial charge is 0.254 e. The van der Waals surface area contributed by atoms with Gasteiger partial charge in [-0.15, -0.1) is 24.0 Å². The molecule has 0 radical (unpaired) electrons. The second-order valence-electron chi connectivity index (χ2n) is 7.76. The first-order valence-electron chi connectivity index (χ1n) is 10.1. The second kappa shape index (κ2) is 10.8. The molecule has 0 spiro atoms. The van der Waals surface area contributed by atoms with E-state index in [1.165, 1.54) is 25.7 Å². The summed E-state index contributed by atoms with van der Waals surface area (Å²) >= 11 is 0. The third-order valence-electron chi connectivity index (χ3n) is 6.01. The normalized spacial score (nSPS) is 18.2. The van der Waals surface area contributed by atoms with Crippen LogP contribution in [0.3, 0.4) is 0 Å². The number of nitrogens with zero attached hydrogens (tertiary/aromatic N) is 2. The quantitative estimate of drug-likeness (QED) is 0.309. The predicted octanol–water partition coefficient (Wildman–Crippen LogP) is 2.12. The molecule has 1 heterocycles. The van der Waals surface area contributed by atoms with E-state index in [2.05, 4.69) is 27.9 Å². The average molecular weight is 513 g/mol. The van der Waals surface area contributed by atoms with Crippen LogP contribution in [0.4, 0.5) is 0 Å². The summed E-state index contributed by atoms with van der Waals surface area (Å²) in [5, 5.41) is 9.52. The van der Waals surface area contributed by atoms with E-state index in [4.69, 9.17) is 0 Å². The number of amides is 2. The van der Waals surface area contributed by atoms with Gasteiger partial charge in [-0.25, -0.2) is 0 Å². The Bertz CT molecular complexity index is 726. The molecule has 2 fully saturated rings. The van der Waals surface area contributed by atoms with E-state index in [0.717, 1.165) is 18.1 Å². The number of hydrogen-bond donors (Lipinski definition) is 3. The maximum Gasteiger partial charge on any atom is 0.254 e. The molecule has 2 amide bonds. The van der Waals surface area contributed by atoms with Crippen LogP contribution in [0.15, 0.2) is 29.3 Å². The molecule has 3 N–H and O–H groups in total. The Kier molecular flexibility index (Phi) is 8.73. The molecule has 0 atom stereocenters. The number of halogens is 1. The molecule has 2 aliphatic rings. The minimum Gasteiger partial charge on any atom is -0.356 e. The van der Waals surface area contributed by atoms with Crippen molar-refractivity contribution in [2.75, 3.05) is 33.2 Å². The van der Waals surface area contributed by atoms with Crippen LogP contribution in [-0.2, 0) is 11.3 Å². The van der Waals surface area contributed by atoms with Gasteiger partial charge in [0.05, 0.1) is 6.54 Å². The number of guanidine groups is 1. The molecular weight excluding hydrogens is 481 g/mol. The molecule has 29 heavy (non-hydrogen) atoms. The molecule has 1 aromatic carbocycles. The molecule has 0 unspecified atom stereocenters. The van der Waals surface area contributed by atoms with Crippen molar-refractivity contribution in [1.29, 1.82) is 0 Å². The summed E-state index contributed by atoms with van der Waals surface area (Å²) < 4.78 is 0. The SMILES string of the molecule is CCC1(CNC(=NC)NCc2ccc(C(=O)N3CCNC(=O)C3)cc2)CCC1.I. The summed E-state index contributed by atoms with van der Waals surface area (Å²) in [7, 11) is 1.78. The lowest BCUT2D eigenvalue weighted by Gasteiger charge is -2.41. The van der Waals surface area contributed by atoms with Crippen molar-refractivity contribution in [3.05, 3.63) is 35.4 Å². The minimum absolute atomic E-state index is 0. The minimum atomic E-state index is -0.106. The molecule has 160 valence electrons.